The quantitative estimate of drug-likeness (QED) is 0.492. The first-order valence-corrected chi connectivity index (χ1v) is 6.80. The Labute approximate surface area is 128 Å². The van der Waals surface area contributed by atoms with Crippen LogP contribution in [0.1, 0.15) is 20.1 Å². The van der Waals surface area contributed by atoms with Gasteiger partial charge in [0, 0.05) is 17.2 Å². The molecule has 2 aliphatic rings. The van der Waals surface area contributed by atoms with Gasteiger partial charge in [-0.3, -0.25) is 14.3 Å². The summed E-state index contributed by atoms with van der Waals surface area (Å²) in [7, 11) is 0. The Morgan fingerprint density at radius 3 is 2.83 bits per heavy atom. The van der Waals surface area contributed by atoms with Crippen LogP contribution in [0.2, 0.25) is 0 Å². The number of alkyl halides is 1. The van der Waals surface area contributed by atoms with E-state index < -0.39 is 47.9 Å². The summed E-state index contributed by atoms with van der Waals surface area (Å²) in [5, 5.41) is 3.20. The van der Waals surface area contributed by atoms with Crippen LogP contribution in [0, 0.1) is 0 Å². The Bertz CT molecular complexity index is 785. The van der Waals surface area contributed by atoms with Crippen LogP contribution in [0.3, 0.4) is 0 Å². The molecular formula is C12H14FN5O5. The summed E-state index contributed by atoms with van der Waals surface area (Å²) in [5.41, 5.74) is 7.04. The number of nitrogens with one attached hydrogen (secondary N) is 1. The van der Waals surface area contributed by atoms with Gasteiger partial charge >= 0.3 is 5.69 Å². The van der Waals surface area contributed by atoms with Crippen molar-refractivity contribution < 1.29 is 18.6 Å². The fraction of sp³-hybridized carbons (Fsp3) is 0.667. The normalized spacial score (nSPS) is 34.8. The van der Waals surface area contributed by atoms with Crippen molar-refractivity contribution in [2.45, 2.75) is 43.9 Å². The van der Waals surface area contributed by atoms with E-state index in [0.29, 0.717) is 0 Å². The number of aromatic nitrogens is 2. The summed E-state index contributed by atoms with van der Waals surface area (Å²) < 4.78 is 32.5. The third kappa shape index (κ3) is 2.63. The van der Waals surface area contributed by atoms with E-state index >= 15 is 4.39 Å². The Kier molecular flexibility index (Phi) is 3.52. The van der Waals surface area contributed by atoms with Gasteiger partial charge in [-0.2, -0.15) is 0 Å². The summed E-state index contributed by atoms with van der Waals surface area (Å²) in [6.45, 7) is 2.54. The topological polar surface area (TPSA) is 131 Å². The molecule has 2 aliphatic heterocycles. The molecule has 0 spiro atoms. The van der Waals surface area contributed by atoms with E-state index in [1.807, 2.05) is 0 Å². The van der Waals surface area contributed by atoms with Crippen LogP contribution in [-0.4, -0.2) is 39.9 Å². The second-order valence-electron chi connectivity index (χ2n) is 5.72. The van der Waals surface area contributed by atoms with Crippen LogP contribution in [0.4, 0.5) is 4.39 Å². The molecule has 0 aromatic carbocycles. The lowest BCUT2D eigenvalue weighted by Crippen LogP contribution is -2.41. The van der Waals surface area contributed by atoms with Gasteiger partial charge < -0.3 is 14.2 Å². The van der Waals surface area contributed by atoms with Crippen LogP contribution in [0.5, 0.6) is 0 Å². The Morgan fingerprint density at radius 2 is 2.17 bits per heavy atom. The zero-order chi connectivity index (χ0) is 16.8. The molecule has 1 N–H and O–H groups in total. The van der Waals surface area contributed by atoms with Crippen LogP contribution >= 0.6 is 0 Å². The predicted octanol–water partition coefficient (Wildman–Crippen LogP) is 0.562. The average molecular weight is 327 g/mol. The number of H-pyrrole nitrogens is 1. The first-order valence-electron chi connectivity index (χ1n) is 6.80. The van der Waals surface area contributed by atoms with Crippen molar-refractivity contribution in [1.82, 2.24) is 9.55 Å². The largest absolute Gasteiger partial charge is 0.340 e. The fourth-order valence-corrected chi connectivity index (χ4v) is 2.76. The SMILES string of the molecule is CC1(C)OC2[C@H](n3ccc(=O)[nH]c3=O)O[C@](F)(CN=[N+]=[N-])[C@@H]2O1. The minimum Gasteiger partial charge on any atom is -0.340 e. The monoisotopic (exact) mass is 327 g/mol. The molecular weight excluding hydrogens is 313 g/mol. The third-order valence-electron chi connectivity index (χ3n) is 3.63. The molecule has 1 aromatic rings. The highest BCUT2D eigenvalue weighted by atomic mass is 19.2. The van der Waals surface area contributed by atoms with Gasteiger partial charge in [0.2, 0.25) is 5.85 Å². The second kappa shape index (κ2) is 5.17. The van der Waals surface area contributed by atoms with Crippen molar-refractivity contribution in [3.8, 4) is 0 Å². The summed E-state index contributed by atoms with van der Waals surface area (Å²) in [6, 6.07) is 1.10. The first-order chi connectivity index (χ1) is 10.8. The van der Waals surface area contributed by atoms with Gasteiger partial charge in [-0.05, 0) is 19.4 Å². The molecule has 2 fully saturated rings. The van der Waals surface area contributed by atoms with Crippen molar-refractivity contribution in [3.63, 3.8) is 0 Å². The highest BCUT2D eigenvalue weighted by Crippen LogP contribution is 2.48. The van der Waals surface area contributed by atoms with Gasteiger partial charge in [-0.15, -0.1) is 0 Å². The van der Waals surface area contributed by atoms with E-state index in [9.17, 15) is 9.59 Å². The molecule has 0 radical (unpaired) electrons. The molecule has 0 amide bonds. The van der Waals surface area contributed by atoms with Crippen LogP contribution in [0.15, 0.2) is 27.0 Å². The number of rotatable bonds is 3. The number of nitrogens with zero attached hydrogens (tertiary/aromatic N) is 4. The van der Waals surface area contributed by atoms with Crippen LogP contribution in [0.25, 0.3) is 10.4 Å². The zero-order valence-corrected chi connectivity index (χ0v) is 12.3. The molecule has 11 heteroatoms. The van der Waals surface area contributed by atoms with E-state index in [0.717, 1.165) is 10.6 Å². The maximum Gasteiger partial charge on any atom is 0.330 e. The highest BCUT2D eigenvalue weighted by molar-refractivity contribution is 5.03. The molecule has 1 aromatic heterocycles. The van der Waals surface area contributed by atoms with E-state index in [4.69, 9.17) is 19.7 Å². The Hall–Kier alpha value is -2.20. The fourth-order valence-electron chi connectivity index (χ4n) is 2.76. The molecule has 3 heterocycles. The van der Waals surface area contributed by atoms with Crippen molar-refractivity contribution in [2.24, 2.45) is 5.11 Å². The van der Waals surface area contributed by atoms with Crippen molar-refractivity contribution in [1.29, 1.82) is 0 Å². The van der Waals surface area contributed by atoms with Gasteiger partial charge in [0.05, 0.1) is 6.54 Å². The summed E-state index contributed by atoms with van der Waals surface area (Å²) in [6.07, 6.45) is -2.14. The van der Waals surface area contributed by atoms with E-state index in [1.165, 1.54) is 6.20 Å². The van der Waals surface area contributed by atoms with Crippen molar-refractivity contribution >= 4 is 0 Å². The van der Waals surface area contributed by atoms with Crippen LogP contribution < -0.4 is 11.2 Å². The highest BCUT2D eigenvalue weighted by Gasteiger charge is 2.64. The number of azide groups is 1. The predicted molar refractivity (Wildman–Crippen MR) is 73.1 cm³/mol. The number of hydrogen-bond acceptors (Lipinski definition) is 6. The summed E-state index contributed by atoms with van der Waals surface area (Å²) in [5.74, 6) is -3.55. The number of halogens is 1. The lowest BCUT2D eigenvalue weighted by Gasteiger charge is -2.27. The van der Waals surface area contributed by atoms with Gasteiger partial charge in [0.25, 0.3) is 5.56 Å². The number of fused-ring (bicyclic) bond motifs is 1. The average Bonchev–Trinajstić information content (AvgIpc) is 2.91. The smallest absolute Gasteiger partial charge is 0.330 e. The van der Waals surface area contributed by atoms with Gasteiger partial charge in [0.1, 0.15) is 6.10 Å². The number of ether oxygens (including phenoxy) is 3. The minimum atomic E-state index is -2.45. The molecule has 0 aliphatic carbocycles. The maximum atomic E-state index is 15.1. The summed E-state index contributed by atoms with van der Waals surface area (Å²) >= 11 is 0. The number of aromatic amines is 1. The van der Waals surface area contributed by atoms with Gasteiger partial charge in [-0.1, -0.05) is 5.11 Å². The molecule has 0 saturated carbocycles. The standard InChI is InChI=1S/C12H14FN5O5/c1-11(2)21-7-8(22-11)12(13,5-15-17-14)23-9(7)18-4-3-6(19)16-10(18)20/h3-4,7-9H,5H2,1-2H3,(H,16,19,20)/t7?,8-,9-,12-/m1/s1. The van der Waals surface area contributed by atoms with Gasteiger partial charge in [-0.25, -0.2) is 9.18 Å². The molecule has 1 unspecified atom stereocenters. The second-order valence-corrected chi connectivity index (χ2v) is 5.72. The molecule has 10 nitrogen and oxygen atoms in total. The van der Waals surface area contributed by atoms with E-state index in [-0.39, 0.29) is 0 Å². The molecule has 0 bridgehead atoms. The van der Waals surface area contributed by atoms with Crippen molar-refractivity contribution in [3.05, 3.63) is 43.5 Å². The molecule has 23 heavy (non-hydrogen) atoms. The Balaban J connectivity index is 2.03. The lowest BCUT2D eigenvalue weighted by molar-refractivity contribution is -0.252. The van der Waals surface area contributed by atoms with Crippen LogP contribution in [-0.2, 0) is 14.2 Å². The molecule has 4 atom stereocenters. The van der Waals surface area contributed by atoms with E-state index in [1.54, 1.807) is 13.8 Å². The zero-order valence-electron chi connectivity index (χ0n) is 12.3. The number of hydrogen-bond donors (Lipinski definition) is 1. The molecule has 124 valence electrons. The molecule has 2 saturated heterocycles. The molecule has 3 rings (SSSR count). The third-order valence-corrected chi connectivity index (χ3v) is 3.63. The maximum absolute atomic E-state index is 15.1. The van der Waals surface area contributed by atoms with E-state index in [2.05, 4.69) is 15.0 Å². The Morgan fingerprint density at radius 1 is 1.43 bits per heavy atom. The first kappa shape index (κ1) is 15.7. The van der Waals surface area contributed by atoms with Crippen molar-refractivity contribution in [2.75, 3.05) is 6.54 Å². The minimum absolute atomic E-state index is 0.592. The summed E-state index contributed by atoms with van der Waals surface area (Å²) in [4.78, 5) is 27.7. The van der Waals surface area contributed by atoms with Gasteiger partial charge in [0.15, 0.2) is 18.1 Å². The lowest BCUT2D eigenvalue weighted by atomic mass is 10.1.